The van der Waals surface area contributed by atoms with E-state index in [1.807, 2.05) is 0 Å². The van der Waals surface area contributed by atoms with E-state index in [4.69, 9.17) is 0 Å². The predicted molar refractivity (Wildman–Crippen MR) is 65.3 cm³/mol. The second-order valence-electron chi connectivity index (χ2n) is 5.14. The molecule has 0 spiro atoms. The molecule has 20 heavy (non-hydrogen) atoms. The molecule has 1 atom stereocenters. The molecule has 1 aliphatic heterocycles. The highest BCUT2D eigenvalue weighted by Gasteiger charge is 2.43. The molecule has 1 unspecified atom stereocenters. The highest BCUT2D eigenvalue weighted by molar-refractivity contribution is 5.86. The summed E-state index contributed by atoms with van der Waals surface area (Å²) in [5.74, 6) is -1.09. The van der Waals surface area contributed by atoms with Crippen LogP contribution in [-0.4, -0.2) is 46.8 Å². The lowest BCUT2D eigenvalue weighted by molar-refractivity contribution is -0.150. The van der Waals surface area contributed by atoms with E-state index >= 15 is 0 Å². The van der Waals surface area contributed by atoms with Crippen molar-refractivity contribution in [1.82, 2.24) is 10.2 Å². The molecule has 0 aromatic heterocycles. The van der Waals surface area contributed by atoms with E-state index in [0.717, 1.165) is 0 Å². The Bertz CT molecular complexity index is 373. The highest BCUT2D eigenvalue weighted by atomic mass is 19.4. The number of alkyl halides is 3. The van der Waals surface area contributed by atoms with Gasteiger partial charge in [0.05, 0.1) is 0 Å². The van der Waals surface area contributed by atoms with Gasteiger partial charge in [0.15, 0.2) is 0 Å². The lowest BCUT2D eigenvalue weighted by Crippen LogP contribution is -2.60. The Morgan fingerprint density at radius 3 is 2.55 bits per heavy atom. The number of rotatable bonds is 4. The third kappa shape index (κ3) is 4.28. The molecule has 1 saturated heterocycles. The van der Waals surface area contributed by atoms with Crippen molar-refractivity contribution in [3.8, 4) is 0 Å². The molecule has 116 valence electrons. The largest absolute Gasteiger partial charge is 0.480 e. The van der Waals surface area contributed by atoms with Crippen molar-refractivity contribution in [3.63, 3.8) is 0 Å². The van der Waals surface area contributed by atoms with Crippen molar-refractivity contribution in [2.24, 2.45) is 0 Å². The van der Waals surface area contributed by atoms with Crippen molar-refractivity contribution in [3.05, 3.63) is 0 Å². The molecule has 2 amide bonds. The Morgan fingerprint density at radius 2 is 2.00 bits per heavy atom. The number of hydrogen-bond donors (Lipinski definition) is 2. The first-order valence-corrected chi connectivity index (χ1v) is 6.52. The molecule has 1 rings (SSSR count). The first kappa shape index (κ1) is 16.6. The maximum absolute atomic E-state index is 12.0. The Kier molecular flexibility index (Phi) is 5.24. The second kappa shape index (κ2) is 6.32. The molecule has 1 heterocycles. The average Bonchev–Trinajstić information content (AvgIpc) is 2.33. The maximum atomic E-state index is 12.0. The number of urea groups is 1. The number of carbonyl (C=O) groups is 2. The zero-order valence-electron chi connectivity index (χ0n) is 11.3. The second-order valence-corrected chi connectivity index (χ2v) is 5.14. The topological polar surface area (TPSA) is 69.6 Å². The summed E-state index contributed by atoms with van der Waals surface area (Å²) < 4.78 is 35.9. The van der Waals surface area contributed by atoms with Crippen molar-refractivity contribution < 1.29 is 27.9 Å². The monoisotopic (exact) mass is 296 g/mol. The fourth-order valence-corrected chi connectivity index (χ4v) is 2.25. The number of nitrogens with zero attached hydrogens (tertiary/aromatic N) is 1. The summed E-state index contributed by atoms with van der Waals surface area (Å²) >= 11 is 0. The lowest BCUT2D eigenvalue weighted by atomic mass is 9.89. The highest BCUT2D eigenvalue weighted by Crippen LogP contribution is 2.28. The minimum atomic E-state index is -4.24. The van der Waals surface area contributed by atoms with Crippen LogP contribution in [0.3, 0.4) is 0 Å². The number of amides is 2. The lowest BCUT2D eigenvalue weighted by Gasteiger charge is -2.41. The fraction of sp³-hybridized carbons (Fsp3) is 0.833. The normalized spacial score (nSPS) is 23.5. The molecule has 1 fully saturated rings. The summed E-state index contributed by atoms with van der Waals surface area (Å²) in [6.45, 7) is 1.64. The van der Waals surface area contributed by atoms with Crippen LogP contribution in [0.5, 0.6) is 0 Å². The van der Waals surface area contributed by atoms with Crippen LogP contribution in [0.1, 0.15) is 39.0 Å². The molecule has 5 nitrogen and oxygen atoms in total. The van der Waals surface area contributed by atoms with Gasteiger partial charge in [0, 0.05) is 19.5 Å². The molecule has 0 radical (unpaired) electrons. The third-order valence-corrected chi connectivity index (χ3v) is 3.51. The van der Waals surface area contributed by atoms with Gasteiger partial charge in [-0.05, 0) is 32.6 Å². The number of nitrogens with one attached hydrogen (secondary N) is 1. The quantitative estimate of drug-likeness (QED) is 0.782. The molecule has 1 aliphatic rings. The fourth-order valence-electron chi connectivity index (χ4n) is 2.25. The van der Waals surface area contributed by atoms with Crippen LogP contribution in [0.25, 0.3) is 0 Å². The van der Waals surface area contributed by atoms with Crippen LogP contribution in [0.2, 0.25) is 0 Å². The molecular formula is C12H19F3N2O3. The smallest absolute Gasteiger partial charge is 0.389 e. The maximum Gasteiger partial charge on any atom is 0.389 e. The van der Waals surface area contributed by atoms with Crippen molar-refractivity contribution in [1.29, 1.82) is 0 Å². The van der Waals surface area contributed by atoms with Crippen molar-refractivity contribution >= 4 is 12.0 Å². The Hall–Kier alpha value is -1.47. The van der Waals surface area contributed by atoms with Crippen molar-refractivity contribution in [2.45, 2.75) is 50.7 Å². The van der Waals surface area contributed by atoms with Crippen LogP contribution < -0.4 is 5.32 Å². The number of halogens is 3. The Labute approximate surface area is 115 Å². The van der Waals surface area contributed by atoms with Crippen LogP contribution in [0.15, 0.2) is 0 Å². The summed E-state index contributed by atoms with van der Waals surface area (Å²) in [6, 6.07) is -0.614. The number of piperidine rings is 1. The molecule has 8 heteroatoms. The zero-order valence-corrected chi connectivity index (χ0v) is 11.3. The SMILES string of the molecule is CC1(C(=O)O)CCCCN1C(=O)NCCCC(F)(F)F. The van der Waals surface area contributed by atoms with Crippen LogP contribution in [0, 0.1) is 0 Å². The number of carboxylic acids is 1. The predicted octanol–water partition coefficient (Wildman–Crippen LogP) is 2.37. The molecule has 2 N–H and O–H groups in total. The molecule has 0 aromatic rings. The van der Waals surface area contributed by atoms with E-state index in [1.54, 1.807) is 0 Å². The number of aliphatic carboxylic acids is 1. The van der Waals surface area contributed by atoms with E-state index in [1.165, 1.54) is 11.8 Å². The zero-order chi connectivity index (χ0) is 15.4. The van der Waals surface area contributed by atoms with E-state index in [9.17, 15) is 27.9 Å². The van der Waals surface area contributed by atoms with Gasteiger partial charge in [-0.3, -0.25) is 0 Å². The molecule has 0 saturated carbocycles. The van der Waals surface area contributed by atoms with Gasteiger partial charge < -0.3 is 15.3 Å². The summed E-state index contributed by atoms with van der Waals surface area (Å²) in [5, 5.41) is 11.6. The summed E-state index contributed by atoms with van der Waals surface area (Å²) in [5.41, 5.74) is -1.29. The summed E-state index contributed by atoms with van der Waals surface area (Å²) in [6.07, 6.45) is -3.68. The standard InChI is InChI=1S/C12H19F3N2O3/c1-11(9(18)19)5-2-3-8-17(11)10(20)16-7-4-6-12(13,14)15/h2-8H2,1H3,(H,16,20)(H,18,19). The van der Waals surface area contributed by atoms with E-state index < -0.39 is 30.1 Å². The van der Waals surface area contributed by atoms with Crippen LogP contribution >= 0.6 is 0 Å². The molecule has 0 bridgehead atoms. The van der Waals surface area contributed by atoms with Crippen LogP contribution in [-0.2, 0) is 4.79 Å². The van der Waals surface area contributed by atoms with Crippen LogP contribution in [0.4, 0.5) is 18.0 Å². The van der Waals surface area contributed by atoms with E-state index in [-0.39, 0.29) is 13.0 Å². The van der Waals surface area contributed by atoms with E-state index in [2.05, 4.69) is 5.32 Å². The van der Waals surface area contributed by atoms with Gasteiger partial charge >= 0.3 is 18.2 Å². The van der Waals surface area contributed by atoms with Gasteiger partial charge in [-0.2, -0.15) is 13.2 Å². The van der Waals surface area contributed by atoms with Gasteiger partial charge in [0.25, 0.3) is 0 Å². The summed E-state index contributed by atoms with van der Waals surface area (Å²) in [7, 11) is 0. The first-order chi connectivity index (χ1) is 9.17. The minimum absolute atomic E-state index is 0.120. The minimum Gasteiger partial charge on any atom is -0.480 e. The molecule has 0 aromatic carbocycles. The number of carboxylic acid groups (broad SMARTS) is 1. The summed E-state index contributed by atoms with van der Waals surface area (Å²) in [4.78, 5) is 24.4. The average molecular weight is 296 g/mol. The molecular weight excluding hydrogens is 277 g/mol. The van der Waals surface area contributed by atoms with Gasteiger partial charge in [-0.25, -0.2) is 9.59 Å². The first-order valence-electron chi connectivity index (χ1n) is 6.52. The number of likely N-dealkylation sites (tertiary alicyclic amines) is 1. The molecule has 0 aliphatic carbocycles. The number of carbonyl (C=O) groups excluding carboxylic acids is 1. The van der Waals surface area contributed by atoms with Gasteiger partial charge in [0.1, 0.15) is 5.54 Å². The van der Waals surface area contributed by atoms with Gasteiger partial charge in [0.2, 0.25) is 0 Å². The van der Waals surface area contributed by atoms with E-state index in [0.29, 0.717) is 25.8 Å². The Balaban J connectivity index is 2.50. The van der Waals surface area contributed by atoms with Crippen molar-refractivity contribution in [2.75, 3.05) is 13.1 Å². The number of hydrogen-bond acceptors (Lipinski definition) is 2. The van der Waals surface area contributed by atoms with Gasteiger partial charge in [-0.1, -0.05) is 0 Å². The van der Waals surface area contributed by atoms with Gasteiger partial charge in [-0.15, -0.1) is 0 Å². The Morgan fingerprint density at radius 1 is 1.35 bits per heavy atom. The third-order valence-electron chi connectivity index (χ3n) is 3.51.